The van der Waals surface area contributed by atoms with Crippen molar-refractivity contribution in [2.75, 3.05) is 20.3 Å². The molecule has 1 rings (SSSR count). The highest BCUT2D eigenvalue weighted by Gasteiger charge is 2.17. The van der Waals surface area contributed by atoms with Crippen LogP contribution in [0.25, 0.3) is 0 Å². The molecule has 0 fully saturated rings. The van der Waals surface area contributed by atoms with Crippen LogP contribution >= 0.6 is 0 Å². The molecule has 0 bridgehead atoms. The third kappa shape index (κ3) is 7.32. The molecule has 0 saturated heterocycles. The zero-order valence-corrected chi connectivity index (χ0v) is 13.9. The van der Waals surface area contributed by atoms with Gasteiger partial charge in [-0.05, 0) is 31.2 Å². The van der Waals surface area contributed by atoms with Crippen molar-refractivity contribution in [3.63, 3.8) is 0 Å². The molecule has 0 heterocycles. The molecule has 0 aliphatic carbocycles. The zero-order chi connectivity index (χ0) is 18.7. The van der Waals surface area contributed by atoms with E-state index in [2.05, 4.69) is 21.1 Å². The topological polar surface area (TPSA) is 97.4 Å². The van der Waals surface area contributed by atoms with Crippen LogP contribution in [0.1, 0.15) is 17.3 Å². The van der Waals surface area contributed by atoms with Gasteiger partial charge in [0.1, 0.15) is 25.2 Å². The molecule has 0 radical (unpaired) electrons. The lowest BCUT2D eigenvalue weighted by atomic mass is 10.1. The smallest absolute Gasteiger partial charge is 0.379 e. The van der Waals surface area contributed by atoms with Gasteiger partial charge in [-0.2, -0.15) is 4.89 Å². The van der Waals surface area contributed by atoms with Crippen molar-refractivity contribution in [1.29, 1.82) is 0 Å². The Kier molecular flexibility index (Phi) is 8.45. The monoisotopic (exact) mass is 350 g/mol. The molecule has 0 N–H and O–H groups in total. The van der Waals surface area contributed by atoms with E-state index in [9.17, 15) is 14.4 Å². The van der Waals surface area contributed by atoms with Gasteiger partial charge in [0.05, 0.1) is 7.11 Å². The summed E-state index contributed by atoms with van der Waals surface area (Å²) in [5, 5.41) is 0. The van der Waals surface area contributed by atoms with Gasteiger partial charge < -0.3 is 19.1 Å². The minimum absolute atomic E-state index is 0.125. The van der Waals surface area contributed by atoms with Crippen LogP contribution in [0.15, 0.2) is 48.9 Å². The maximum atomic E-state index is 11.8. The summed E-state index contributed by atoms with van der Waals surface area (Å²) in [6.07, 6.45) is 1.95. The Bertz CT molecular complexity index is 645. The van der Waals surface area contributed by atoms with E-state index in [1.807, 2.05) is 0 Å². The SMILES string of the molecule is C=C(C)C(=O)O/C=C/OOCCOC(=O)C(=O)c1ccc(OC)cc1. The van der Waals surface area contributed by atoms with E-state index in [1.165, 1.54) is 26.2 Å². The van der Waals surface area contributed by atoms with Gasteiger partial charge in [0.2, 0.25) is 0 Å². The number of ether oxygens (including phenoxy) is 3. The summed E-state index contributed by atoms with van der Waals surface area (Å²) < 4.78 is 14.3. The summed E-state index contributed by atoms with van der Waals surface area (Å²) in [6, 6.07) is 6.03. The van der Waals surface area contributed by atoms with Crippen molar-refractivity contribution in [2.45, 2.75) is 6.92 Å². The molecule has 1 aromatic carbocycles. The van der Waals surface area contributed by atoms with E-state index in [4.69, 9.17) is 9.47 Å². The number of hydrogen-bond acceptors (Lipinski definition) is 8. The maximum Gasteiger partial charge on any atom is 0.379 e. The number of esters is 2. The van der Waals surface area contributed by atoms with Crippen LogP contribution < -0.4 is 4.74 Å². The van der Waals surface area contributed by atoms with Gasteiger partial charge in [-0.3, -0.25) is 4.79 Å². The second kappa shape index (κ2) is 10.6. The number of hydrogen-bond donors (Lipinski definition) is 0. The first-order valence-electron chi connectivity index (χ1n) is 7.11. The molecule has 0 aliphatic heterocycles. The highest BCUT2D eigenvalue weighted by Crippen LogP contribution is 2.12. The number of Topliss-reactive ketones (excluding diaryl/α,β-unsaturated/α-hetero) is 1. The van der Waals surface area contributed by atoms with Gasteiger partial charge in [0.15, 0.2) is 6.26 Å². The van der Waals surface area contributed by atoms with Gasteiger partial charge in [-0.15, -0.1) is 0 Å². The molecule has 0 spiro atoms. The minimum atomic E-state index is -1.01. The summed E-state index contributed by atoms with van der Waals surface area (Å²) in [5.74, 6) is -1.84. The highest BCUT2D eigenvalue weighted by atomic mass is 17.2. The molecule has 0 unspecified atom stereocenters. The number of rotatable bonds is 10. The molecular weight excluding hydrogens is 332 g/mol. The Morgan fingerprint density at radius 3 is 2.32 bits per heavy atom. The number of carbonyl (C=O) groups excluding carboxylic acids is 3. The molecule has 0 aromatic heterocycles. The van der Waals surface area contributed by atoms with Gasteiger partial charge in [0.25, 0.3) is 5.78 Å². The van der Waals surface area contributed by atoms with Crippen molar-refractivity contribution < 1.29 is 38.4 Å². The van der Waals surface area contributed by atoms with Crippen LogP contribution in [-0.4, -0.2) is 38.0 Å². The fraction of sp³-hybridized carbons (Fsp3) is 0.235. The summed E-state index contributed by atoms with van der Waals surface area (Å²) in [4.78, 5) is 43.6. The summed E-state index contributed by atoms with van der Waals surface area (Å²) >= 11 is 0. The Morgan fingerprint density at radius 2 is 1.72 bits per heavy atom. The Labute approximate surface area is 144 Å². The highest BCUT2D eigenvalue weighted by molar-refractivity contribution is 6.40. The van der Waals surface area contributed by atoms with E-state index >= 15 is 0 Å². The van der Waals surface area contributed by atoms with Gasteiger partial charge in [-0.25, -0.2) is 9.59 Å². The molecular formula is C17H18O8. The predicted molar refractivity (Wildman–Crippen MR) is 85.4 cm³/mol. The van der Waals surface area contributed by atoms with Gasteiger partial charge in [-0.1, -0.05) is 6.58 Å². The second-order valence-electron chi connectivity index (χ2n) is 4.57. The molecule has 0 amide bonds. The Morgan fingerprint density at radius 1 is 1.04 bits per heavy atom. The van der Waals surface area contributed by atoms with E-state index in [-0.39, 0.29) is 24.4 Å². The van der Waals surface area contributed by atoms with Gasteiger partial charge >= 0.3 is 11.9 Å². The number of methoxy groups -OCH3 is 1. The average Bonchev–Trinajstić information content (AvgIpc) is 2.62. The first-order chi connectivity index (χ1) is 12.0. The maximum absolute atomic E-state index is 11.8. The molecule has 0 atom stereocenters. The summed E-state index contributed by atoms with van der Waals surface area (Å²) in [5.41, 5.74) is 0.421. The normalized spacial score (nSPS) is 10.2. The third-order valence-electron chi connectivity index (χ3n) is 2.64. The van der Waals surface area contributed by atoms with E-state index in [0.29, 0.717) is 5.75 Å². The van der Waals surface area contributed by atoms with Crippen molar-refractivity contribution in [3.8, 4) is 5.75 Å². The molecule has 0 saturated carbocycles. The van der Waals surface area contributed by atoms with Crippen molar-refractivity contribution in [1.82, 2.24) is 0 Å². The van der Waals surface area contributed by atoms with Crippen molar-refractivity contribution in [3.05, 3.63) is 54.5 Å². The molecule has 0 aliphatic rings. The first kappa shape index (κ1) is 19.9. The zero-order valence-electron chi connectivity index (χ0n) is 13.9. The fourth-order valence-corrected chi connectivity index (χ4v) is 1.39. The van der Waals surface area contributed by atoms with Crippen LogP contribution in [0.2, 0.25) is 0 Å². The quantitative estimate of drug-likeness (QED) is 0.0923. The largest absolute Gasteiger partial charge is 0.497 e. The lowest BCUT2D eigenvalue weighted by Crippen LogP contribution is -2.19. The number of benzene rings is 1. The molecule has 8 nitrogen and oxygen atoms in total. The first-order valence-corrected chi connectivity index (χ1v) is 7.11. The molecule has 25 heavy (non-hydrogen) atoms. The number of carbonyl (C=O) groups is 3. The standard InChI is InChI=1S/C17H18O8/c1-12(2)16(19)22-8-10-24-25-11-9-23-17(20)15(18)13-4-6-14(21-3)7-5-13/h4-8,10H,1,9,11H2,2-3H3/b10-8+. The predicted octanol–water partition coefficient (Wildman–Crippen LogP) is 1.96. The third-order valence-corrected chi connectivity index (χ3v) is 2.64. The van der Waals surface area contributed by atoms with Crippen LogP contribution in [0, 0.1) is 0 Å². The molecule has 134 valence electrons. The number of ketones is 1. The second-order valence-corrected chi connectivity index (χ2v) is 4.57. The van der Waals surface area contributed by atoms with E-state index < -0.39 is 17.7 Å². The summed E-state index contributed by atoms with van der Waals surface area (Å²) in [7, 11) is 1.49. The van der Waals surface area contributed by atoms with Gasteiger partial charge in [0, 0.05) is 11.1 Å². The van der Waals surface area contributed by atoms with Crippen LogP contribution in [0.3, 0.4) is 0 Å². The summed E-state index contributed by atoms with van der Waals surface area (Å²) in [6.45, 7) is 4.57. The van der Waals surface area contributed by atoms with Crippen molar-refractivity contribution >= 4 is 17.7 Å². The van der Waals surface area contributed by atoms with Crippen LogP contribution in [-0.2, 0) is 28.8 Å². The average molecular weight is 350 g/mol. The minimum Gasteiger partial charge on any atom is -0.497 e. The Balaban J connectivity index is 2.21. The van der Waals surface area contributed by atoms with Crippen LogP contribution in [0.4, 0.5) is 0 Å². The fourth-order valence-electron chi connectivity index (χ4n) is 1.39. The van der Waals surface area contributed by atoms with Crippen molar-refractivity contribution in [2.24, 2.45) is 0 Å². The lowest BCUT2D eigenvalue weighted by molar-refractivity contribution is -0.255. The van der Waals surface area contributed by atoms with Crippen LogP contribution in [0.5, 0.6) is 5.75 Å². The van der Waals surface area contributed by atoms with E-state index in [1.54, 1.807) is 12.1 Å². The lowest BCUT2D eigenvalue weighted by Gasteiger charge is -2.05. The Hall–Kier alpha value is -3.13. The van der Waals surface area contributed by atoms with E-state index in [0.717, 1.165) is 12.5 Å². The molecule has 8 heteroatoms. The molecule has 1 aromatic rings.